The Bertz CT molecular complexity index is 1290. The first-order chi connectivity index (χ1) is 18.9. The molecule has 3 unspecified atom stereocenters. The Morgan fingerprint density at radius 1 is 0.925 bits per heavy atom. The third-order valence-corrected chi connectivity index (χ3v) is 5.45. The zero-order valence-electron chi connectivity index (χ0n) is 20.4. The smallest absolute Gasteiger partial charge is 0.388 e. The number of fused-ring (bicyclic) bond motifs is 1. The SMILES string of the molecule is Fc1cc(F)cc(OC2CCNCc3cc(-c4ccc(OC(F)F)nn4)ccc32)c1.O=C(O)C(O)C(O)C(=O)O. The summed E-state index contributed by atoms with van der Waals surface area (Å²) >= 11 is 0. The molecule has 15 heteroatoms. The molecule has 0 saturated heterocycles. The fourth-order valence-electron chi connectivity index (χ4n) is 3.63. The molecule has 40 heavy (non-hydrogen) atoms. The predicted molar refractivity (Wildman–Crippen MR) is 127 cm³/mol. The van der Waals surface area contributed by atoms with Crippen molar-refractivity contribution in [3.05, 3.63) is 71.3 Å². The van der Waals surface area contributed by atoms with Crippen LogP contribution in [0.25, 0.3) is 11.3 Å². The first-order valence-electron chi connectivity index (χ1n) is 11.5. The number of alkyl halides is 2. The number of benzene rings is 2. The van der Waals surface area contributed by atoms with E-state index in [4.69, 9.17) is 25.2 Å². The lowest BCUT2D eigenvalue weighted by Crippen LogP contribution is -2.39. The maximum Gasteiger partial charge on any atom is 0.388 e. The molecule has 0 aliphatic carbocycles. The van der Waals surface area contributed by atoms with Crippen LogP contribution < -0.4 is 14.8 Å². The molecule has 5 N–H and O–H groups in total. The van der Waals surface area contributed by atoms with Crippen LogP contribution >= 0.6 is 0 Å². The molecular formula is C25H23F4N3O8. The summed E-state index contributed by atoms with van der Waals surface area (Å²) in [6.07, 6.45) is -4.31. The van der Waals surface area contributed by atoms with E-state index in [-0.39, 0.29) is 11.6 Å². The van der Waals surface area contributed by atoms with Gasteiger partial charge in [-0.15, -0.1) is 10.2 Å². The minimum absolute atomic E-state index is 0.120. The summed E-state index contributed by atoms with van der Waals surface area (Å²) < 4.78 is 61.6. The normalized spacial score (nSPS) is 16.0. The Hall–Kier alpha value is -4.34. The van der Waals surface area contributed by atoms with Gasteiger partial charge in [0, 0.05) is 42.8 Å². The summed E-state index contributed by atoms with van der Waals surface area (Å²) in [5.41, 5.74) is 3.05. The molecular weight excluding hydrogens is 546 g/mol. The number of rotatable bonds is 8. The number of carboxylic acids is 2. The minimum Gasteiger partial charge on any atom is -0.485 e. The first-order valence-corrected chi connectivity index (χ1v) is 11.5. The molecule has 214 valence electrons. The van der Waals surface area contributed by atoms with Gasteiger partial charge in [-0.25, -0.2) is 18.4 Å². The van der Waals surface area contributed by atoms with Crippen molar-refractivity contribution >= 4 is 11.9 Å². The van der Waals surface area contributed by atoms with Crippen LogP contribution in [0.15, 0.2) is 48.5 Å². The van der Waals surface area contributed by atoms with Crippen molar-refractivity contribution in [2.24, 2.45) is 0 Å². The molecule has 4 rings (SSSR count). The summed E-state index contributed by atoms with van der Waals surface area (Å²) in [5, 5.41) is 43.4. The van der Waals surface area contributed by atoms with Gasteiger partial charge in [-0.3, -0.25) is 0 Å². The number of aliphatic hydroxyl groups is 2. The van der Waals surface area contributed by atoms with Gasteiger partial charge in [0.1, 0.15) is 23.5 Å². The van der Waals surface area contributed by atoms with Gasteiger partial charge in [0.05, 0.1) is 5.69 Å². The van der Waals surface area contributed by atoms with E-state index in [1.54, 1.807) is 6.07 Å². The second-order valence-electron chi connectivity index (χ2n) is 8.29. The Kier molecular flexibility index (Phi) is 10.3. The molecule has 0 radical (unpaired) electrons. The van der Waals surface area contributed by atoms with Crippen molar-refractivity contribution < 1.29 is 57.1 Å². The zero-order valence-corrected chi connectivity index (χ0v) is 20.4. The van der Waals surface area contributed by atoms with E-state index < -0.39 is 48.5 Å². The largest absolute Gasteiger partial charge is 0.485 e. The topological polar surface area (TPSA) is 171 Å². The summed E-state index contributed by atoms with van der Waals surface area (Å²) in [5.74, 6) is -5.09. The van der Waals surface area contributed by atoms with Gasteiger partial charge >= 0.3 is 18.6 Å². The molecule has 0 amide bonds. The third-order valence-electron chi connectivity index (χ3n) is 5.45. The Labute approximate surface area is 223 Å². The van der Waals surface area contributed by atoms with Crippen LogP contribution in [0.5, 0.6) is 11.6 Å². The van der Waals surface area contributed by atoms with Gasteiger partial charge in [0.2, 0.25) is 5.88 Å². The van der Waals surface area contributed by atoms with E-state index in [9.17, 15) is 27.2 Å². The molecule has 2 aromatic carbocycles. The average Bonchev–Trinajstić information content (AvgIpc) is 3.09. The summed E-state index contributed by atoms with van der Waals surface area (Å²) in [6, 6.07) is 11.5. The zero-order chi connectivity index (χ0) is 29.4. The number of carbonyl (C=O) groups is 2. The second-order valence-corrected chi connectivity index (χ2v) is 8.29. The van der Waals surface area contributed by atoms with Crippen molar-refractivity contribution in [1.82, 2.24) is 15.5 Å². The predicted octanol–water partition coefficient (Wildman–Crippen LogP) is 2.51. The van der Waals surface area contributed by atoms with Crippen molar-refractivity contribution in [2.75, 3.05) is 6.54 Å². The molecule has 0 spiro atoms. The van der Waals surface area contributed by atoms with E-state index in [0.717, 1.165) is 34.9 Å². The lowest BCUT2D eigenvalue weighted by molar-refractivity contribution is -0.165. The van der Waals surface area contributed by atoms with Crippen LogP contribution in [0, 0.1) is 11.6 Å². The fourth-order valence-corrected chi connectivity index (χ4v) is 3.63. The van der Waals surface area contributed by atoms with Crippen LogP contribution in [-0.2, 0) is 16.1 Å². The van der Waals surface area contributed by atoms with E-state index in [2.05, 4.69) is 20.3 Å². The van der Waals surface area contributed by atoms with Crippen molar-refractivity contribution in [3.8, 4) is 22.9 Å². The number of ether oxygens (including phenoxy) is 2. The van der Waals surface area contributed by atoms with E-state index in [1.165, 1.54) is 6.07 Å². The van der Waals surface area contributed by atoms with Gasteiger partial charge in [-0.2, -0.15) is 8.78 Å². The van der Waals surface area contributed by atoms with Gasteiger partial charge in [-0.1, -0.05) is 12.1 Å². The number of hydrogen-bond acceptors (Lipinski definition) is 9. The van der Waals surface area contributed by atoms with Crippen LogP contribution in [0.4, 0.5) is 17.6 Å². The molecule has 1 aliphatic rings. The second kappa shape index (κ2) is 13.6. The van der Waals surface area contributed by atoms with Crippen LogP contribution in [0.3, 0.4) is 0 Å². The summed E-state index contributed by atoms with van der Waals surface area (Å²) in [4.78, 5) is 19.5. The van der Waals surface area contributed by atoms with Gasteiger partial charge in [0.25, 0.3) is 0 Å². The molecule has 2 heterocycles. The number of carboxylic acid groups (broad SMARTS) is 2. The lowest BCUT2D eigenvalue weighted by atomic mass is 9.97. The quantitative estimate of drug-likeness (QED) is 0.253. The van der Waals surface area contributed by atoms with Crippen LogP contribution in [0.1, 0.15) is 23.7 Å². The van der Waals surface area contributed by atoms with E-state index in [1.807, 2.05) is 18.2 Å². The third kappa shape index (κ3) is 8.33. The number of halogens is 4. The molecule has 0 bridgehead atoms. The van der Waals surface area contributed by atoms with Crippen LogP contribution in [0.2, 0.25) is 0 Å². The summed E-state index contributed by atoms with van der Waals surface area (Å²) in [7, 11) is 0. The van der Waals surface area contributed by atoms with Gasteiger partial charge < -0.3 is 35.2 Å². The molecule has 0 saturated carbocycles. The van der Waals surface area contributed by atoms with Crippen molar-refractivity contribution in [1.29, 1.82) is 0 Å². The molecule has 3 atom stereocenters. The number of aromatic nitrogens is 2. The van der Waals surface area contributed by atoms with Crippen molar-refractivity contribution in [2.45, 2.75) is 37.9 Å². The standard InChI is InChI=1S/C21H17F4N3O2.C4H6O6/c22-14-8-15(23)10-16(9-14)29-19-5-6-26-11-13-7-12(1-2-17(13)19)18-3-4-20(28-27-18)30-21(24)25;5-1(3(7)8)2(6)4(9)10/h1-4,7-10,19,21,26H,5-6,11H2;1-2,5-6H,(H,7,8)(H,9,10). The lowest BCUT2D eigenvalue weighted by Gasteiger charge is -2.20. The summed E-state index contributed by atoms with van der Waals surface area (Å²) in [6.45, 7) is -1.74. The van der Waals surface area contributed by atoms with Gasteiger partial charge in [-0.05, 0) is 29.8 Å². The van der Waals surface area contributed by atoms with Crippen molar-refractivity contribution in [3.63, 3.8) is 0 Å². The molecule has 3 aromatic rings. The van der Waals surface area contributed by atoms with Crippen LogP contribution in [-0.4, -0.2) is 67.9 Å². The molecule has 1 aliphatic heterocycles. The highest BCUT2D eigenvalue weighted by molar-refractivity contribution is 5.83. The highest BCUT2D eigenvalue weighted by Gasteiger charge is 2.29. The number of nitrogens with one attached hydrogen (secondary N) is 1. The number of aliphatic carboxylic acids is 2. The highest BCUT2D eigenvalue weighted by Crippen LogP contribution is 2.32. The Morgan fingerprint density at radius 3 is 2.12 bits per heavy atom. The number of aliphatic hydroxyl groups excluding tert-OH is 2. The molecule has 0 fully saturated rings. The first kappa shape index (κ1) is 30.2. The van der Waals surface area contributed by atoms with Gasteiger partial charge in [0.15, 0.2) is 12.2 Å². The van der Waals surface area contributed by atoms with E-state index >= 15 is 0 Å². The fraction of sp³-hybridized carbons (Fsp3) is 0.280. The monoisotopic (exact) mass is 569 g/mol. The number of nitrogens with zero attached hydrogens (tertiary/aromatic N) is 2. The average molecular weight is 569 g/mol. The maximum absolute atomic E-state index is 13.5. The molecule has 1 aromatic heterocycles. The number of hydrogen-bond donors (Lipinski definition) is 5. The Morgan fingerprint density at radius 2 is 1.57 bits per heavy atom. The Balaban J connectivity index is 0.000000378. The highest BCUT2D eigenvalue weighted by atomic mass is 19.3. The van der Waals surface area contributed by atoms with E-state index in [0.29, 0.717) is 25.2 Å². The maximum atomic E-state index is 13.5. The minimum atomic E-state index is -2.97. The molecule has 11 nitrogen and oxygen atoms in total.